The maximum atomic E-state index is 15.0. The van der Waals surface area contributed by atoms with Gasteiger partial charge in [-0.3, -0.25) is 4.79 Å². The highest BCUT2D eigenvalue weighted by molar-refractivity contribution is 7.89. The number of aryl methyl sites for hydroxylation is 1. The smallest absolute Gasteiger partial charge is 0.434 e. The Bertz CT molecular complexity index is 1620. The molecule has 1 aromatic heterocycles. The van der Waals surface area contributed by atoms with Gasteiger partial charge in [-0.1, -0.05) is 25.1 Å². The quantitative estimate of drug-likeness (QED) is 0.312. The summed E-state index contributed by atoms with van der Waals surface area (Å²) >= 11 is 0. The van der Waals surface area contributed by atoms with E-state index < -0.39 is 86.4 Å². The molecule has 1 unspecified atom stereocenters. The molecule has 40 heavy (non-hydrogen) atoms. The van der Waals surface area contributed by atoms with Crippen LogP contribution in [0.5, 0.6) is 5.75 Å². The van der Waals surface area contributed by atoms with Crippen LogP contribution in [0.25, 0.3) is 0 Å². The number of aromatic nitrogens is 2. The van der Waals surface area contributed by atoms with Crippen LogP contribution in [0.2, 0.25) is 0 Å². The Morgan fingerprint density at radius 1 is 1.23 bits per heavy atom. The van der Waals surface area contributed by atoms with Gasteiger partial charge < -0.3 is 13.9 Å². The average Bonchev–Trinajstić information content (AvgIpc) is 3.29. The monoisotopic (exact) mass is 587 g/mol. The van der Waals surface area contributed by atoms with E-state index in [0.29, 0.717) is 11.1 Å². The normalized spacial score (nSPS) is 18.9. The number of rotatable bonds is 7. The second kappa shape index (κ2) is 10.4. The van der Waals surface area contributed by atoms with E-state index in [2.05, 4.69) is 9.82 Å². The predicted molar refractivity (Wildman–Crippen MR) is 131 cm³/mol. The van der Waals surface area contributed by atoms with E-state index in [1.54, 1.807) is 19.9 Å². The maximum absolute atomic E-state index is 15.0. The Hall–Kier alpha value is -3.72. The van der Waals surface area contributed by atoms with Crippen molar-refractivity contribution in [2.75, 3.05) is 6.61 Å². The van der Waals surface area contributed by atoms with Crippen molar-refractivity contribution in [3.63, 3.8) is 0 Å². The summed E-state index contributed by atoms with van der Waals surface area (Å²) in [5, 5.41) is 5.72. The van der Waals surface area contributed by atoms with Gasteiger partial charge in [-0.2, -0.15) is 17.9 Å². The number of carbonyl (C=O) groups excluding carboxylic acids is 1. The number of aromatic amines is 1. The molecule has 3 atom stereocenters. The summed E-state index contributed by atoms with van der Waals surface area (Å²) in [4.78, 5) is 22.7. The zero-order valence-corrected chi connectivity index (χ0v) is 22.5. The summed E-state index contributed by atoms with van der Waals surface area (Å²) in [5.41, 5.74) is -2.54. The van der Waals surface area contributed by atoms with Crippen molar-refractivity contribution in [1.82, 2.24) is 14.9 Å². The molecule has 0 saturated heterocycles. The van der Waals surface area contributed by atoms with E-state index in [9.17, 15) is 35.6 Å². The van der Waals surface area contributed by atoms with E-state index in [0.717, 1.165) is 25.1 Å². The molecule has 4 rings (SSSR count). The van der Waals surface area contributed by atoms with Crippen LogP contribution >= 0.6 is 0 Å². The Balaban J connectivity index is 1.85. The van der Waals surface area contributed by atoms with Crippen LogP contribution in [-0.2, 0) is 25.2 Å². The number of ether oxygens (including phenoxy) is 2. The number of carbonyl (C=O) groups is 1. The van der Waals surface area contributed by atoms with Gasteiger partial charge >= 0.3 is 17.9 Å². The van der Waals surface area contributed by atoms with Gasteiger partial charge in [-0.05, 0) is 42.7 Å². The molecule has 1 aliphatic rings. The highest BCUT2D eigenvalue weighted by Crippen LogP contribution is 2.52. The fraction of sp³-hybridized carbons (Fsp3) is 0.400. The number of hydrogen-bond acceptors (Lipinski definition) is 8. The van der Waals surface area contributed by atoms with Crippen molar-refractivity contribution in [2.24, 2.45) is 0 Å². The molecular formula is C25H25F4N3O7S. The molecule has 10 nitrogen and oxygen atoms in total. The lowest BCUT2D eigenvalue weighted by Crippen LogP contribution is -2.49. The molecule has 3 aromatic rings. The minimum absolute atomic E-state index is 0.107. The summed E-state index contributed by atoms with van der Waals surface area (Å²) < 4.78 is 103. The van der Waals surface area contributed by atoms with Crippen molar-refractivity contribution in [1.29, 1.82) is 0 Å². The molecule has 1 aliphatic heterocycles. The van der Waals surface area contributed by atoms with E-state index >= 15 is 0 Å². The minimum atomic E-state index is -5.11. The van der Waals surface area contributed by atoms with E-state index in [-0.39, 0.29) is 5.56 Å². The van der Waals surface area contributed by atoms with Crippen LogP contribution in [0, 0.1) is 19.7 Å². The van der Waals surface area contributed by atoms with E-state index in [4.69, 9.17) is 13.9 Å². The zero-order chi connectivity index (χ0) is 29.6. The number of hydrogen-bond donors (Lipinski definition) is 2. The number of alkyl halides is 3. The number of H-pyrrole nitrogens is 1. The summed E-state index contributed by atoms with van der Waals surface area (Å²) in [7, 11) is -4.77. The molecule has 0 saturated carbocycles. The van der Waals surface area contributed by atoms with Gasteiger partial charge in [0.1, 0.15) is 22.5 Å². The highest BCUT2D eigenvalue weighted by atomic mass is 32.2. The van der Waals surface area contributed by atoms with Crippen LogP contribution in [0.15, 0.2) is 44.4 Å². The first-order valence-corrected chi connectivity index (χ1v) is 13.4. The topological polar surface area (TPSA) is 141 Å². The van der Waals surface area contributed by atoms with Gasteiger partial charge in [-0.15, -0.1) is 5.10 Å². The molecule has 2 heterocycles. The number of nitrogens with zero attached hydrogens (tertiary/aromatic N) is 1. The Morgan fingerprint density at radius 3 is 2.52 bits per heavy atom. The Kier molecular flexibility index (Phi) is 7.58. The first-order valence-electron chi connectivity index (χ1n) is 11.9. The average molecular weight is 588 g/mol. The molecule has 0 bridgehead atoms. The standard InChI is InChI=1S/C25H25F4N3O7S/c1-12-8-9-17(26)19(13(12)2)14(3)20(22-30-31-23(34)38-22)32-40(35,36)18-7-5-6-16-21(18)37-11-10-24(16,25(27,28)29)39-15(4)33/h5-9,14,20,32H,10-11H2,1-4H3,(H,31,34)/t14-,20+,24?/m1/s1. The summed E-state index contributed by atoms with van der Waals surface area (Å²) in [6.07, 6.45) is -5.91. The third kappa shape index (κ3) is 5.10. The van der Waals surface area contributed by atoms with Gasteiger partial charge in [-0.25, -0.2) is 22.7 Å². The fourth-order valence-electron chi connectivity index (χ4n) is 4.83. The lowest BCUT2D eigenvalue weighted by Gasteiger charge is -2.39. The number of sulfonamides is 1. The first-order chi connectivity index (χ1) is 18.6. The van der Waals surface area contributed by atoms with Crippen LogP contribution in [0.4, 0.5) is 17.6 Å². The second-order valence-electron chi connectivity index (χ2n) is 9.39. The lowest BCUT2D eigenvalue weighted by molar-refractivity contribution is -0.283. The number of nitrogens with one attached hydrogen (secondary N) is 2. The number of benzene rings is 2. The van der Waals surface area contributed by atoms with Crippen molar-refractivity contribution in [3.8, 4) is 5.75 Å². The molecule has 0 spiro atoms. The summed E-state index contributed by atoms with van der Waals surface area (Å²) in [6, 6.07) is 4.26. The molecule has 0 aliphatic carbocycles. The second-order valence-corrected chi connectivity index (χ2v) is 11.1. The van der Waals surface area contributed by atoms with Crippen LogP contribution in [0.3, 0.4) is 0 Å². The molecule has 2 aromatic carbocycles. The van der Waals surface area contributed by atoms with Gasteiger partial charge in [0.05, 0.1) is 6.61 Å². The number of esters is 1. The number of para-hydroxylation sites is 1. The summed E-state index contributed by atoms with van der Waals surface area (Å²) in [6.45, 7) is 5.01. The fourth-order valence-corrected chi connectivity index (χ4v) is 6.27. The SMILES string of the molecule is CC(=O)OC1(C(F)(F)F)CCOc2c1cccc2S(=O)(=O)N[C@H](c1n[nH]c(=O)o1)[C@H](C)c1c(F)ccc(C)c1C. The molecular weight excluding hydrogens is 562 g/mol. The molecule has 0 fully saturated rings. The first kappa shape index (κ1) is 29.3. The molecule has 15 heteroatoms. The molecule has 0 amide bonds. The molecule has 2 N–H and O–H groups in total. The Morgan fingerprint density at radius 2 is 1.93 bits per heavy atom. The highest BCUT2D eigenvalue weighted by Gasteiger charge is 2.62. The number of fused-ring (bicyclic) bond motifs is 1. The Labute approximate surface area is 225 Å². The largest absolute Gasteiger partial charge is 0.492 e. The van der Waals surface area contributed by atoms with Gasteiger partial charge in [0.2, 0.25) is 21.5 Å². The van der Waals surface area contributed by atoms with Gasteiger partial charge in [0, 0.05) is 24.8 Å². The molecule has 216 valence electrons. The van der Waals surface area contributed by atoms with E-state index in [1.807, 2.05) is 5.10 Å². The third-order valence-corrected chi connectivity index (χ3v) is 8.34. The van der Waals surface area contributed by atoms with Crippen molar-refractivity contribution in [3.05, 3.63) is 74.8 Å². The van der Waals surface area contributed by atoms with Gasteiger partial charge in [0.15, 0.2) is 0 Å². The van der Waals surface area contributed by atoms with E-state index in [1.165, 1.54) is 13.0 Å². The number of halogens is 4. The minimum Gasteiger partial charge on any atom is -0.492 e. The lowest BCUT2D eigenvalue weighted by atomic mass is 9.87. The maximum Gasteiger partial charge on any atom is 0.434 e. The zero-order valence-electron chi connectivity index (χ0n) is 21.7. The van der Waals surface area contributed by atoms with Crippen LogP contribution < -0.4 is 15.2 Å². The predicted octanol–water partition coefficient (Wildman–Crippen LogP) is 4.05. The van der Waals surface area contributed by atoms with Crippen LogP contribution in [0.1, 0.15) is 60.4 Å². The molecule has 0 radical (unpaired) electrons. The van der Waals surface area contributed by atoms with Crippen LogP contribution in [-0.4, -0.2) is 37.4 Å². The summed E-state index contributed by atoms with van der Waals surface area (Å²) in [5.74, 6) is -5.02. The van der Waals surface area contributed by atoms with Crippen molar-refractivity contribution >= 4 is 16.0 Å². The third-order valence-electron chi connectivity index (χ3n) is 6.87. The van der Waals surface area contributed by atoms with Gasteiger partial charge in [0.25, 0.3) is 0 Å². The van der Waals surface area contributed by atoms with Crippen molar-refractivity contribution in [2.45, 2.75) is 62.7 Å². The van der Waals surface area contributed by atoms with Crippen molar-refractivity contribution < 1.29 is 44.7 Å².